The number of rotatable bonds is 2. The number of carbonyl (C=O) groups is 2. The molecule has 0 aromatic heterocycles. The number of carbonyl (C=O) groups excluding carboxylic acids is 2. The highest BCUT2D eigenvalue weighted by Crippen LogP contribution is 2.10. The van der Waals surface area contributed by atoms with Crippen LogP contribution in [0, 0.1) is 0 Å². The van der Waals surface area contributed by atoms with Crippen LogP contribution in [0.3, 0.4) is 0 Å². The maximum Gasteiger partial charge on any atom is 0.242 e. The minimum absolute atomic E-state index is 0.0386. The summed E-state index contributed by atoms with van der Waals surface area (Å²) >= 11 is 0. The summed E-state index contributed by atoms with van der Waals surface area (Å²) in [5.41, 5.74) is 4.98. The minimum Gasteiger partial charge on any atom is -0.341 e. The standard InChI is InChI=1S/C12H23N3O2/c1-4-10(16)14-6-5-7-15(9-8-14)11(17)12(2,3)13/h4-9,13H2,1-3H3. The summed E-state index contributed by atoms with van der Waals surface area (Å²) in [5, 5.41) is 0. The Morgan fingerprint density at radius 2 is 1.65 bits per heavy atom. The van der Waals surface area contributed by atoms with Crippen LogP contribution in [-0.4, -0.2) is 53.3 Å². The van der Waals surface area contributed by atoms with Crippen molar-refractivity contribution < 1.29 is 9.59 Å². The van der Waals surface area contributed by atoms with Gasteiger partial charge in [0.05, 0.1) is 5.54 Å². The van der Waals surface area contributed by atoms with Gasteiger partial charge in [-0.1, -0.05) is 6.92 Å². The second-order valence-electron chi connectivity index (χ2n) is 5.10. The van der Waals surface area contributed by atoms with Crippen LogP contribution in [-0.2, 0) is 9.59 Å². The summed E-state index contributed by atoms with van der Waals surface area (Å²) in [6.07, 6.45) is 1.35. The average Bonchev–Trinajstić information content (AvgIpc) is 2.51. The first-order valence-electron chi connectivity index (χ1n) is 6.22. The van der Waals surface area contributed by atoms with Crippen LogP contribution < -0.4 is 5.73 Å². The van der Waals surface area contributed by atoms with E-state index in [1.54, 1.807) is 18.7 Å². The first-order chi connectivity index (χ1) is 7.86. The molecule has 1 fully saturated rings. The largest absolute Gasteiger partial charge is 0.341 e. The van der Waals surface area contributed by atoms with Crippen LogP contribution in [0.1, 0.15) is 33.6 Å². The van der Waals surface area contributed by atoms with Crippen molar-refractivity contribution in [2.45, 2.75) is 39.2 Å². The molecule has 0 bridgehead atoms. The molecule has 1 aliphatic heterocycles. The number of nitrogens with zero attached hydrogens (tertiary/aromatic N) is 2. The van der Waals surface area contributed by atoms with E-state index in [-0.39, 0.29) is 11.8 Å². The van der Waals surface area contributed by atoms with Gasteiger partial charge in [-0.3, -0.25) is 9.59 Å². The lowest BCUT2D eigenvalue weighted by Crippen LogP contribution is -2.52. The van der Waals surface area contributed by atoms with E-state index < -0.39 is 5.54 Å². The third-order valence-electron chi connectivity index (χ3n) is 2.99. The Labute approximate surface area is 103 Å². The van der Waals surface area contributed by atoms with Crippen molar-refractivity contribution in [2.24, 2.45) is 5.73 Å². The molecule has 2 N–H and O–H groups in total. The third kappa shape index (κ3) is 3.70. The zero-order valence-corrected chi connectivity index (χ0v) is 11.0. The third-order valence-corrected chi connectivity index (χ3v) is 2.99. The lowest BCUT2D eigenvalue weighted by Gasteiger charge is -2.28. The molecule has 0 spiro atoms. The monoisotopic (exact) mass is 241 g/mol. The summed E-state index contributed by atoms with van der Waals surface area (Å²) in [6.45, 7) is 7.93. The molecular formula is C12H23N3O2. The van der Waals surface area contributed by atoms with E-state index >= 15 is 0 Å². The Kier molecular flexibility index (Phi) is 4.51. The van der Waals surface area contributed by atoms with E-state index in [9.17, 15) is 9.59 Å². The molecule has 2 amide bonds. The van der Waals surface area contributed by atoms with Crippen molar-refractivity contribution in [1.29, 1.82) is 0 Å². The van der Waals surface area contributed by atoms with Crippen LogP contribution in [0.4, 0.5) is 0 Å². The Morgan fingerprint density at radius 1 is 1.12 bits per heavy atom. The smallest absolute Gasteiger partial charge is 0.242 e. The van der Waals surface area contributed by atoms with Gasteiger partial charge in [0.15, 0.2) is 0 Å². The van der Waals surface area contributed by atoms with Crippen molar-refractivity contribution >= 4 is 11.8 Å². The van der Waals surface area contributed by atoms with E-state index in [2.05, 4.69) is 0 Å². The van der Waals surface area contributed by atoms with Gasteiger partial charge in [0.2, 0.25) is 11.8 Å². The van der Waals surface area contributed by atoms with Crippen molar-refractivity contribution in [3.63, 3.8) is 0 Å². The van der Waals surface area contributed by atoms with Gasteiger partial charge in [-0.15, -0.1) is 0 Å². The fourth-order valence-electron chi connectivity index (χ4n) is 2.00. The zero-order valence-electron chi connectivity index (χ0n) is 11.0. The summed E-state index contributed by atoms with van der Waals surface area (Å²) in [4.78, 5) is 27.2. The van der Waals surface area contributed by atoms with E-state index in [0.29, 0.717) is 26.1 Å². The molecule has 1 saturated heterocycles. The highest BCUT2D eigenvalue weighted by atomic mass is 16.2. The van der Waals surface area contributed by atoms with Gasteiger partial charge in [-0.05, 0) is 20.3 Å². The van der Waals surface area contributed by atoms with Gasteiger partial charge in [0.25, 0.3) is 0 Å². The molecule has 98 valence electrons. The van der Waals surface area contributed by atoms with Crippen LogP contribution in [0.5, 0.6) is 0 Å². The summed E-state index contributed by atoms with van der Waals surface area (Å²) in [6, 6.07) is 0. The lowest BCUT2D eigenvalue weighted by atomic mass is 10.1. The molecule has 0 radical (unpaired) electrons. The van der Waals surface area contributed by atoms with E-state index in [1.165, 1.54) is 0 Å². The second kappa shape index (κ2) is 5.49. The Hall–Kier alpha value is -1.10. The Bertz CT molecular complexity index is 297. The molecule has 0 aromatic carbocycles. The van der Waals surface area contributed by atoms with Crippen LogP contribution in [0.25, 0.3) is 0 Å². The maximum atomic E-state index is 12.0. The summed E-state index contributed by atoms with van der Waals surface area (Å²) < 4.78 is 0. The molecule has 5 nitrogen and oxygen atoms in total. The molecule has 0 atom stereocenters. The first-order valence-corrected chi connectivity index (χ1v) is 6.22. The molecule has 1 aliphatic rings. The predicted molar refractivity (Wildman–Crippen MR) is 66.3 cm³/mol. The minimum atomic E-state index is -0.829. The van der Waals surface area contributed by atoms with Gasteiger partial charge in [-0.2, -0.15) is 0 Å². The molecule has 17 heavy (non-hydrogen) atoms. The van der Waals surface area contributed by atoms with Gasteiger partial charge in [0.1, 0.15) is 0 Å². The number of hydrogen-bond acceptors (Lipinski definition) is 3. The molecule has 5 heteroatoms. The summed E-state index contributed by atoms with van der Waals surface area (Å²) in [7, 11) is 0. The normalized spacial score (nSPS) is 17.9. The van der Waals surface area contributed by atoms with Gasteiger partial charge >= 0.3 is 0 Å². The van der Waals surface area contributed by atoms with Crippen LogP contribution >= 0.6 is 0 Å². The predicted octanol–water partition coefficient (Wildman–Crippen LogP) is 0.195. The first kappa shape index (κ1) is 14.0. The van der Waals surface area contributed by atoms with Crippen LogP contribution in [0.2, 0.25) is 0 Å². The lowest BCUT2D eigenvalue weighted by molar-refractivity contribution is -0.136. The van der Waals surface area contributed by atoms with Crippen molar-refractivity contribution in [2.75, 3.05) is 26.2 Å². The van der Waals surface area contributed by atoms with E-state index in [4.69, 9.17) is 5.73 Å². The highest BCUT2D eigenvalue weighted by molar-refractivity contribution is 5.85. The van der Waals surface area contributed by atoms with Gasteiger partial charge < -0.3 is 15.5 Å². The van der Waals surface area contributed by atoms with Gasteiger partial charge in [0, 0.05) is 32.6 Å². The van der Waals surface area contributed by atoms with E-state index in [0.717, 1.165) is 13.0 Å². The van der Waals surface area contributed by atoms with Gasteiger partial charge in [-0.25, -0.2) is 0 Å². The molecule has 0 unspecified atom stereocenters. The van der Waals surface area contributed by atoms with Crippen LogP contribution in [0.15, 0.2) is 0 Å². The zero-order chi connectivity index (χ0) is 13.1. The average molecular weight is 241 g/mol. The molecule has 0 aliphatic carbocycles. The molecule has 1 rings (SSSR count). The quantitative estimate of drug-likeness (QED) is 0.750. The second-order valence-corrected chi connectivity index (χ2v) is 5.10. The van der Waals surface area contributed by atoms with E-state index in [1.807, 2.05) is 11.8 Å². The SMILES string of the molecule is CCC(=O)N1CCCN(C(=O)C(C)(C)N)CC1. The maximum absolute atomic E-state index is 12.0. The highest BCUT2D eigenvalue weighted by Gasteiger charge is 2.29. The Morgan fingerprint density at radius 3 is 2.18 bits per heavy atom. The molecule has 1 heterocycles. The Balaban J connectivity index is 2.59. The fraction of sp³-hybridized carbons (Fsp3) is 0.833. The topological polar surface area (TPSA) is 66.6 Å². The summed E-state index contributed by atoms with van der Waals surface area (Å²) in [5.74, 6) is 0.120. The number of nitrogens with two attached hydrogens (primary N) is 1. The van der Waals surface area contributed by atoms with Crippen molar-refractivity contribution in [3.05, 3.63) is 0 Å². The van der Waals surface area contributed by atoms with Crippen molar-refractivity contribution in [3.8, 4) is 0 Å². The number of hydrogen-bond donors (Lipinski definition) is 1. The molecule has 0 aromatic rings. The van der Waals surface area contributed by atoms with Crippen molar-refractivity contribution in [1.82, 2.24) is 9.80 Å². The molecule has 0 saturated carbocycles. The number of amides is 2. The fourth-order valence-corrected chi connectivity index (χ4v) is 2.00. The molecular weight excluding hydrogens is 218 g/mol.